The molecule has 2 saturated heterocycles. The van der Waals surface area contributed by atoms with Crippen LogP contribution in [0.4, 0.5) is 4.39 Å². The molecule has 0 bridgehead atoms. The molecule has 2 aliphatic heterocycles. The highest BCUT2D eigenvalue weighted by atomic mass is 19.1. The molecule has 1 aromatic carbocycles. The molecule has 6 atom stereocenters. The van der Waals surface area contributed by atoms with Gasteiger partial charge in [-0.05, 0) is 67.4 Å². The SMILES string of the molecule is CC(C)C1NC(c2ccccc2)CC(C2CCC(F)CC2)C1/C=C/C1C[C@@H](O)CC(=O)O1. The van der Waals surface area contributed by atoms with Gasteiger partial charge in [0.15, 0.2) is 0 Å². The third-order valence-electron chi connectivity index (χ3n) is 7.78. The fraction of sp³-hybridized carbons (Fsp3) is 0.667. The van der Waals surface area contributed by atoms with Crippen LogP contribution in [-0.2, 0) is 9.53 Å². The van der Waals surface area contributed by atoms with E-state index in [0.29, 0.717) is 37.0 Å². The number of ether oxygens (including phenoxy) is 1. The lowest BCUT2D eigenvalue weighted by molar-refractivity contribution is -0.156. The molecule has 4 nitrogen and oxygen atoms in total. The van der Waals surface area contributed by atoms with Gasteiger partial charge in [-0.3, -0.25) is 4.79 Å². The van der Waals surface area contributed by atoms with Crippen molar-refractivity contribution in [3.05, 3.63) is 48.0 Å². The average Bonchev–Trinajstić information content (AvgIpc) is 2.77. The molecule has 3 aliphatic rings. The molecule has 2 heterocycles. The Labute approximate surface area is 191 Å². The summed E-state index contributed by atoms with van der Waals surface area (Å²) in [6, 6.07) is 11.2. The second kappa shape index (κ2) is 10.5. The van der Waals surface area contributed by atoms with E-state index in [0.717, 1.165) is 19.3 Å². The quantitative estimate of drug-likeness (QED) is 0.489. The smallest absolute Gasteiger partial charge is 0.309 e. The van der Waals surface area contributed by atoms with E-state index in [1.54, 1.807) is 0 Å². The molecule has 0 aromatic heterocycles. The number of benzene rings is 1. The Balaban J connectivity index is 1.59. The molecule has 1 aliphatic carbocycles. The van der Waals surface area contributed by atoms with Crippen molar-refractivity contribution in [1.82, 2.24) is 5.32 Å². The maximum atomic E-state index is 13.9. The Bertz CT molecular complexity index is 774. The number of aliphatic hydroxyl groups excluding tert-OH is 1. The summed E-state index contributed by atoms with van der Waals surface area (Å²) in [7, 11) is 0. The van der Waals surface area contributed by atoms with Crippen LogP contribution in [-0.4, -0.2) is 35.5 Å². The van der Waals surface area contributed by atoms with Crippen LogP contribution >= 0.6 is 0 Å². The first-order chi connectivity index (χ1) is 15.4. The van der Waals surface area contributed by atoms with Gasteiger partial charge in [0.1, 0.15) is 12.3 Å². The Hall–Kier alpha value is -1.72. The first kappa shape index (κ1) is 23.4. The van der Waals surface area contributed by atoms with Crippen molar-refractivity contribution < 1.29 is 19.0 Å². The Morgan fingerprint density at radius 1 is 1.09 bits per heavy atom. The maximum absolute atomic E-state index is 13.9. The molecule has 0 spiro atoms. The summed E-state index contributed by atoms with van der Waals surface area (Å²) >= 11 is 0. The van der Waals surface area contributed by atoms with Gasteiger partial charge in [0.25, 0.3) is 0 Å². The number of piperidine rings is 1. The molecule has 5 heteroatoms. The zero-order chi connectivity index (χ0) is 22.7. The predicted octanol–water partition coefficient (Wildman–Crippen LogP) is 5.13. The number of alkyl halides is 1. The molecule has 5 unspecified atom stereocenters. The van der Waals surface area contributed by atoms with Gasteiger partial charge in [0.2, 0.25) is 0 Å². The number of hydrogen-bond acceptors (Lipinski definition) is 4. The number of halogens is 1. The summed E-state index contributed by atoms with van der Waals surface area (Å²) in [6.07, 6.45) is 7.37. The van der Waals surface area contributed by atoms with Crippen LogP contribution in [0.15, 0.2) is 42.5 Å². The molecule has 176 valence electrons. The molecule has 4 rings (SSSR count). The Kier molecular flexibility index (Phi) is 7.67. The second-order valence-electron chi connectivity index (χ2n) is 10.4. The third-order valence-corrected chi connectivity index (χ3v) is 7.78. The van der Waals surface area contributed by atoms with Crippen molar-refractivity contribution in [3.63, 3.8) is 0 Å². The van der Waals surface area contributed by atoms with Crippen molar-refractivity contribution in [1.29, 1.82) is 0 Å². The zero-order valence-corrected chi connectivity index (χ0v) is 19.3. The number of cyclic esters (lactones) is 1. The van der Waals surface area contributed by atoms with Gasteiger partial charge in [-0.2, -0.15) is 0 Å². The second-order valence-corrected chi connectivity index (χ2v) is 10.4. The van der Waals surface area contributed by atoms with E-state index in [4.69, 9.17) is 4.74 Å². The van der Waals surface area contributed by atoms with Gasteiger partial charge in [0.05, 0.1) is 12.5 Å². The first-order valence-electron chi connectivity index (χ1n) is 12.4. The minimum absolute atomic E-state index is 0.0811. The van der Waals surface area contributed by atoms with Crippen molar-refractivity contribution in [2.24, 2.45) is 23.7 Å². The van der Waals surface area contributed by atoms with Crippen molar-refractivity contribution in [2.45, 2.75) is 89.3 Å². The molecule has 0 amide bonds. The maximum Gasteiger partial charge on any atom is 0.309 e. The minimum Gasteiger partial charge on any atom is -0.458 e. The van der Waals surface area contributed by atoms with E-state index in [-0.39, 0.29) is 36.5 Å². The molecule has 1 saturated carbocycles. The number of carbonyl (C=O) groups is 1. The van der Waals surface area contributed by atoms with E-state index < -0.39 is 12.3 Å². The Morgan fingerprint density at radius 3 is 2.47 bits per heavy atom. The normalized spacial score (nSPS) is 38.7. The van der Waals surface area contributed by atoms with E-state index in [9.17, 15) is 14.3 Å². The van der Waals surface area contributed by atoms with Gasteiger partial charge in [0, 0.05) is 18.5 Å². The number of aliphatic hydroxyl groups is 1. The van der Waals surface area contributed by atoms with Gasteiger partial charge < -0.3 is 15.2 Å². The summed E-state index contributed by atoms with van der Waals surface area (Å²) in [5, 5.41) is 13.9. The van der Waals surface area contributed by atoms with E-state index in [2.05, 4.69) is 55.6 Å². The molecule has 32 heavy (non-hydrogen) atoms. The number of esters is 1. The van der Waals surface area contributed by atoms with E-state index in [1.807, 2.05) is 6.08 Å². The predicted molar refractivity (Wildman–Crippen MR) is 124 cm³/mol. The number of rotatable bonds is 5. The van der Waals surface area contributed by atoms with Crippen LogP contribution in [0.5, 0.6) is 0 Å². The fourth-order valence-corrected chi connectivity index (χ4v) is 6.12. The molecule has 0 radical (unpaired) electrons. The van der Waals surface area contributed by atoms with Crippen molar-refractivity contribution >= 4 is 5.97 Å². The summed E-state index contributed by atoms with van der Waals surface area (Å²) in [5.74, 6) is 1.33. The highest BCUT2D eigenvalue weighted by Crippen LogP contribution is 2.45. The lowest BCUT2D eigenvalue weighted by Gasteiger charge is -2.48. The van der Waals surface area contributed by atoms with Crippen LogP contribution in [0.25, 0.3) is 0 Å². The van der Waals surface area contributed by atoms with Crippen molar-refractivity contribution in [3.8, 4) is 0 Å². The number of nitrogens with one attached hydrogen (secondary N) is 1. The van der Waals surface area contributed by atoms with Gasteiger partial charge in [-0.1, -0.05) is 50.3 Å². The standard InChI is InChI=1S/C27H38FNO3/c1-17(2)27-23(13-12-22-14-21(30)15-26(31)32-22)24(18-8-10-20(28)11-9-18)16-25(29-27)19-6-4-3-5-7-19/h3-7,12-13,17-18,20-25,27,29-30H,8-11,14-16H2,1-2H3/b13-12+/t18?,20?,21-,22?,23?,24?,25?,27?/m1/s1. The highest BCUT2D eigenvalue weighted by molar-refractivity contribution is 5.71. The topological polar surface area (TPSA) is 58.6 Å². The molecular formula is C27H38FNO3. The minimum atomic E-state index is -0.657. The van der Waals surface area contributed by atoms with E-state index >= 15 is 0 Å². The number of hydrogen-bond donors (Lipinski definition) is 2. The van der Waals surface area contributed by atoms with Crippen LogP contribution < -0.4 is 5.32 Å². The molecule has 2 N–H and O–H groups in total. The molecule has 1 aromatic rings. The first-order valence-corrected chi connectivity index (χ1v) is 12.4. The van der Waals surface area contributed by atoms with Crippen LogP contribution in [0.3, 0.4) is 0 Å². The lowest BCUT2D eigenvalue weighted by Crippen LogP contribution is -2.51. The zero-order valence-electron chi connectivity index (χ0n) is 19.3. The largest absolute Gasteiger partial charge is 0.458 e. The average molecular weight is 444 g/mol. The summed E-state index contributed by atoms with van der Waals surface area (Å²) < 4.78 is 19.4. The van der Waals surface area contributed by atoms with Crippen LogP contribution in [0.1, 0.15) is 70.4 Å². The highest BCUT2D eigenvalue weighted by Gasteiger charge is 2.42. The number of carbonyl (C=O) groups excluding carboxylic acids is 1. The third kappa shape index (κ3) is 5.60. The summed E-state index contributed by atoms with van der Waals surface area (Å²) in [6.45, 7) is 4.51. The monoisotopic (exact) mass is 443 g/mol. The molecular weight excluding hydrogens is 405 g/mol. The lowest BCUT2D eigenvalue weighted by atomic mass is 9.64. The van der Waals surface area contributed by atoms with Crippen LogP contribution in [0.2, 0.25) is 0 Å². The van der Waals surface area contributed by atoms with Gasteiger partial charge >= 0.3 is 5.97 Å². The van der Waals surface area contributed by atoms with E-state index in [1.165, 1.54) is 5.56 Å². The van der Waals surface area contributed by atoms with Crippen LogP contribution in [0, 0.1) is 23.7 Å². The fourth-order valence-electron chi connectivity index (χ4n) is 6.12. The summed E-state index contributed by atoms with van der Waals surface area (Å²) in [4.78, 5) is 11.8. The molecule has 3 fully saturated rings. The van der Waals surface area contributed by atoms with Gasteiger partial charge in [-0.25, -0.2) is 4.39 Å². The van der Waals surface area contributed by atoms with Crippen molar-refractivity contribution in [2.75, 3.05) is 0 Å². The Morgan fingerprint density at radius 2 is 1.81 bits per heavy atom. The summed E-state index contributed by atoms with van der Waals surface area (Å²) in [5.41, 5.74) is 1.31. The van der Waals surface area contributed by atoms with Gasteiger partial charge in [-0.15, -0.1) is 0 Å².